The Kier molecular flexibility index (Phi) is 1.92. The smallest absolute Gasteiger partial charge is 0.0101 e. The second-order valence-corrected chi connectivity index (χ2v) is 4.29. The van der Waals surface area contributed by atoms with Crippen LogP contribution in [0.15, 0.2) is 0 Å². The fourth-order valence-electron chi connectivity index (χ4n) is 2.74. The lowest BCUT2D eigenvalue weighted by atomic mass is 10.1. The summed E-state index contributed by atoms with van der Waals surface area (Å²) >= 11 is 0. The molecule has 0 N–H and O–H groups in total. The van der Waals surface area contributed by atoms with Gasteiger partial charge in [-0.3, -0.25) is 4.90 Å². The zero-order valence-electron chi connectivity index (χ0n) is 7.71. The summed E-state index contributed by atoms with van der Waals surface area (Å²) in [5, 5.41) is 0. The van der Waals surface area contributed by atoms with E-state index in [-0.39, 0.29) is 0 Å². The van der Waals surface area contributed by atoms with E-state index in [1.807, 2.05) is 0 Å². The molecule has 0 aromatic rings. The van der Waals surface area contributed by atoms with Crippen LogP contribution in [0, 0.1) is 5.92 Å². The van der Waals surface area contributed by atoms with Crippen molar-refractivity contribution in [3.8, 4) is 0 Å². The Morgan fingerprint density at radius 2 is 2.27 bits per heavy atom. The fraction of sp³-hybridized carbons (Fsp3) is 1.00. The normalized spacial score (nSPS) is 39.8. The summed E-state index contributed by atoms with van der Waals surface area (Å²) in [5.74, 6) is 1.06. The molecule has 1 heteroatoms. The SMILES string of the molecule is CCC(C)N1CC2CCC1C2. The van der Waals surface area contributed by atoms with Gasteiger partial charge in [-0.2, -0.15) is 0 Å². The van der Waals surface area contributed by atoms with Crippen LogP contribution in [0.2, 0.25) is 0 Å². The Labute approximate surface area is 69.8 Å². The number of likely N-dealkylation sites (tertiary alicyclic amines) is 1. The molecule has 2 aliphatic rings. The average molecular weight is 153 g/mol. The Balaban J connectivity index is 1.96. The average Bonchev–Trinajstić information content (AvgIpc) is 2.62. The van der Waals surface area contributed by atoms with Gasteiger partial charge >= 0.3 is 0 Å². The summed E-state index contributed by atoms with van der Waals surface area (Å²) in [4.78, 5) is 2.73. The summed E-state index contributed by atoms with van der Waals surface area (Å²) in [7, 11) is 0. The molecular weight excluding hydrogens is 134 g/mol. The molecule has 2 rings (SSSR count). The molecule has 0 radical (unpaired) electrons. The molecule has 1 saturated heterocycles. The van der Waals surface area contributed by atoms with Gasteiger partial charge in [0.1, 0.15) is 0 Å². The highest BCUT2D eigenvalue weighted by atomic mass is 15.2. The van der Waals surface area contributed by atoms with Gasteiger partial charge in [0.2, 0.25) is 0 Å². The molecule has 0 spiro atoms. The highest BCUT2D eigenvalue weighted by molar-refractivity contribution is 4.93. The van der Waals surface area contributed by atoms with Crippen molar-refractivity contribution in [3.05, 3.63) is 0 Å². The summed E-state index contributed by atoms with van der Waals surface area (Å²) in [6.07, 6.45) is 5.82. The van der Waals surface area contributed by atoms with Crippen LogP contribution in [0.5, 0.6) is 0 Å². The number of hydrogen-bond acceptors (Lipinski definition) is 1. The summed E-state index contributed by atoms with van der Waals surface area (Å²) in [6.45, 7) is 6.08. The van der Waals surface area contributed by atoms with E-state index in [0.717, 1.165) is 18.0 Å². The molecule has 0 aromatic carbocycles. The molecule has 0 aromatic heterocycles. The predicted molar refractivity (Wildman–Crippen MR) is 47.6 cm³/mol. The first-order valence-corrected chi connectivity index (χ1v) is 5.07. The Morgan fingerprint density at radius 3 is 2.73 bits per heavy atom. The van der Waals surface area contributed by atoms with Crippen LogP contribution in [-0.4, -0.2) is 23.5 Å². The van der Waals surface area contributed by atoms with Crippen LogP contribution in [0.1, 0.15) is 39.5 Å². The zero-order valence-corrected chi connectivity index (χ0v) is 7.71. The van der Waals surface area contributed by atoms with Crippen LogP contribution < -0.4 is 0 Å². The van der Waals surface area contributed by atoms with Crippen molar-refractivity contribution in [2.45, 2.75) is 51.6 Å². The summed E-state index contributed by atoms with van der Waals surface area (Å²) < 4.78 is 0. The number of nitrogens with zero attached hydrogens (tertiary/aromatic N) is 1. The van der Waals surface area contributed by atoms with Crippen molar-refractivity contribution >= 4 is 0 Å². The predicted octanol–water partition coefficient (Wildman–Crippen LogP) is 2.27. The van der Waals surface area contributed by atoms with Gasteiger partial charge in [-0.25, -0.2) is 0 Å². The van der Waals surface area contributed by atoms with E-state index >= 15 is 0 Å². The van der Waals surface area contributed by atoms with Crippen LogP contribution >= 0.6 is 0 Å². The largest absolute Gasteiger partial charge is 0.297 e. The van der Waals surface area contributed by atoms with Crippen molar-refractivity contribution in [2.24, 2.45) is 5.92 Å². The fourth-order valence-corrected chi connectivity index (χ4v) is 2.74. The van der Waals surface area contributed by atoms with Gasteiger partial charge in [-0.05, 0) is 38.5 Å². The van der Waals surface area contributed by atoms with Crippen molar-refractivity contribution in [2.75, 3.05) is 6.54 Å². The van der Waals surface area contributed by atoms with E-state index in [0.29, 0.717) is 0 Å². The lowest BCUT2D eigenvalue weighted by Crippen LogP contribution is -2.38. The summed E-state index contributed by atoms with van der Waals surface area (Å²) in [5.41, 5.74) is 0. The Morgan fingerprint density at radius 1 is 1.45 bits per heavy atom. The molecule has 64 valence electrons. The first-order chi connectivity index (χ1) is 5.31. The lowest BCUT2D eigenvalue weighted by Gasteiger charge is -2.32. The second-order valence-electron chi connectivity index (χ2n) is 4.29. The quantitative estimate of drug-likeness (QED) is 0.588. The zero-order chi connectivity index (χ0) is 7.84. The molecule has 1 saturated carbocycles. The highest BCUT2D eigenvalue weighted by Gasteiger charge is 2.38. The minimum atomic E-state index is 0.838. The molecular formula is C10H19N. The minimum absolute atomic E-state index is 0.838. The van der Waals surface area contributed by atoms with Gasteiger partial charge < -0.3 is 0 Å². The summed E-state index contributed by atoms with van der Waals surface area (Å²) in [6, 6.07) is 1.81. The molecule has 1 aliphatic heterocycles. The van der Waals surface area contributed by atoms with Gasteiger partial charge in [0.25, 0.3) is 0 Å². The number of rotatable bonds is 2. The van der Waals surface area contributed by atoms with E-state index in [1.165, 1.54) is 32.2 Å². The third-order valence-corrected chi connectivity index (χ3v) is 3.61. The van der Waals surface area contributed by atoms with Crippen molar-refractivity contribution in [1.29, 1.82) is 0 Å². The topological polar surface area (TPSA) is 3.24 Å². The van der Waals surface area contributed by atoms with Crippen LogP contribution in [0.4, 0.5) is 0 Å². The molecule has 0 amide bonds. The van der Waals surface area contributed by atoms with Crippen LogP contribution in [-0.2, 0) is 0 Å². The van der Waals surface area contributed by atoms with E-state index in [2.05, 4.69) is 18.7 Å². The Hall–Kier alpha value is -0.0400. The monoisotopic (exact) mass is 153 g/mol. The van der Waals surface area contributed by atoms with E-state index in [1.54, 1.807) is 0 Å². The first-order valence-electron chi connectivity index (χ1n) is 5.07. The number of fused-ring (bicyclic) bond motifs is 2. The van der Waals surface area contributed by atoms with E-state index < -0.39 is 0 Å². The molecule has 1 aliphatic carbocycles. The van der Waals surface area contributed by atoms with E-state index in [9.17, 15) is 0 Å². The van der Waals surface area contributed by atoms with Crippen molar-refractivity contribution in [1.82, 2.24) is 4.90 Å². The van der Waals surface area contributed by atoms with E-state index in [4.69, 9.17) is 0 Å². The number of hydrogen-bond donors (Lipinski definition) is 0. The van der Waals surface area contributed by atoms with Crippen LogP contribution in [0.25, 0.3) is 0 Å². The molecule has 2 fully saturated rings. The maximum atomic E-state index is 2.73. The molecule has 2 bridgehead atoms. The highest BCUT2D eigenvalue weighted by Crippen LogP contribution is 2.38. The maximum absolute atomic E-state index is 2.73. The third-order valence-electron chi connectivity index (χ3n) is 3.61. The molecule has 1 nitrogen and oxygen atoms in total. The molecule has 1 heterocycles. The maximum Gasteiger partial charge on any atom is 0.0101 e. The van der Waals surface area contributed by atoms with Gasteiger partial charge in [-0.15, -0.1) is 0 Å². The first kappa shape index (κ1) is 7.60. The number of piperidine rings is 1. The minimum Gasteiger partial charge on any atom is -0.297 e. The molecule has 3 unspecified atom stereocenters. The second kappa shape index (κ2) is 2.78. The van der Waals surface area contributed by atoms with Crippen molar-refractivity contribution < 1.29 is 0 Å². The van der Waals surface area contributed by atoms with Gasteiger partial charge in [-0.1, -0.05) is 6.92 Å². The standard InChI is InChI=1S/C10H19N/c1-3-8(2)11-7-9-4-5-10(11)6-9/h8-10H,3-7H2,1-2H3. The van der Waals surface area contributed by atoms with Gasteiger partial charge in [0.05, 0.1) is 0 Å². The Bertz CT molecular complexity index is 144. The molecule has 11 heavy (non-hydrogen) atoms. The molecule has 3 atom stereocenters. The van der Waals surface area contributed by atoms with Crippen molar-refractivity contribution in [3.63, 3.8) is 0 Å². The van der Waals surface area contributed by atoms with Gasteiger partial charge in [0.15, 0.2) is 0 Å². The van der Waals surface area contributed by atoms with Gasteiger partial charge in [0, 0.05) is 18.6 Å². The lowest BCUT2D eigenvalue weighted by molar-refractivity contribution is 0.156. The third kappa shape index (κ3) is 1.20. The van der Waals surface area contributed by atoms with Crippen LogP contribution in [0.3, 0.4) is 0 Å².